The number of amides is 1. The first-order chi connectivity index (χ1) is 13.8. The van der Waals surface area contributed by atoms with Crippen LogP contribution in [0.3, 0.4) is 0 Å². The fraction of sp³-hybridized carbons (Fsp3) is 0.952. The van der Waals surface area contributed by atoms with Gasteiger partial charge >= 0.3 is 0 Å². The number of carbonyl (C=O) groups is 1. The number of ether oxygens (including phenoxy) is 1. The number of nitrogens with one attached hydrogen (secondary N) is 1. The molecule has 7 atom stereocenters. The molecule has 1 saturated carbocycles. The molecule has 0 aromatic heterocycles. The minimum absolute atomic E-state index is 0.00669. The van der Waals surface area contributed by atoms with E-state index in [1.807, 2.05) is 13.8 Å². The SMILES string of the molecule is CS[C@@H]1O[C@@H](C(NC(=O)C2CCCCN2CC2CCC2)C(C)C)[C@@H](O)[C@@H](O)[C@@H]1O. The maximum absolute atomic E-state index is 13.3. The highest BCUT2D eigenvalue weighted by Crippen LogP contribution is 2.32. The zero-order valence-electron chi connectivity index (χ0n) is 17.9. The van der Waals surface area contributed by atoms with Crippen LogP contribution in [0.1, 0.15) is 52.4 Å². The van der Waals surface area contributed by atoms with Crippen LogP contribution in [0.25, 0.3) is 0 Å². The Balaban J connectivity index is 1.69. The van der Waals surface area contributed by atoms with Crippen LogP contribution in [0, 0.1) is 11.8 Å². The van der Waals surface area contributed by atoms with Crippen LogP contribution in [0.15, 0.2) is 0 Å². The fourth-order valence-corrected chi connectivity index (χ4v) is 5.45. The molecule has 2 aliphatic heterocycles. The molecule has 2 unspecified atom stereocenters. The van der Waals surface area contributed by atoms with Gasteiger partial charge in [0.2, 0.25) is 5.91 Å². The number of aliphatic hydroxyl groups is 3. The maximum atomic E-state index is 13.3. The van der Waals surface area contributed by atoms with Gasteiger partial charge in [0.25, 0.3) is 0 Å². The molecule has 1 amide bonds. The molecule has 0 bridgehead atoms. The summed E-state index contributed by atoms with van der Waals surface area (Å²) in [6.45, 7) is 5.90. The maximum Gasteiger partial charge on any atom is 0.237 e. The molecule has 3 rings (SSSR count). The molecule has 168 valence electrons. The van der Waals surface area contributed by atoms with Crippen LogP contribution in [0.5, 0.6) is 0 Å². The Hall–Kier alpha value is -0.380. The molecule has 0 spiro atoms. The van der Waals surface area contributed by atoms with Crippen molar-refractivity contribution in [2.75, 3.05) is 19.3 Å². The Kier molecular flexibility index (Phi) is 8.26. The first-order valence-electron chi connectivity index (χ1n) is 11.1. The first kappa shape index (κ1) is 23.3. The van der Waals surface area contributed by atoms with Gasteiger partial charge in [-0.25, -0.2) is 0 Å². The summed E-state index contributed by atoms with van der Waals surface area (Å²) in [6, 6.07) is -0.583. The van der Waals surface area contributed by atoms with Crippen molar-refractivity contribution < 1.29 is 24.9 Å². The van der Waals surface area contributed by atoms with Crippen molar-refractivity contribution in [2.24, 2.45) is 11.8 Å². The lowest BCUT2D eigenvalue weighted by Gasteiger charge is -2.45. The third kappa shape index (κ3) is 5.28. The molecule has 2 heterocycles. The van der Waals surface area contributed by atoms with E-state index in [0.717, 1.165) is 32.4 Å². The van der Waals surface area contributed by atoms with E-state index in [4.69, 9.17) is 4.74 Å². The number of nitrogens with zero attached hydrogens (tertiary/aromatic N) is 1. The molecule has 8 heteroatoms. The summed E-state index contributed by atoms with van der Waals surface area (Å²) >= 11 is 1.29. The van der Waals surface area contributed by atoms with E-state index in [-0.39, 0.29) is 17.9 Å². The van der Waals surface area contributed by atoms with E-state index in [9.17, 15) is 20.1 Å². The third-order valence-electron chi connectivity index (χ3n) is 6.85. The number of hydrogen-bond donors (Lipinski definition) is 4. The number of aliphatic hydroxyl groups excluding tert-OH is 3. The second-order valence-corrected chi connectivity index (χ2v) is 10.2. The monoisotopic (exact) mass is 430 g/mol. The average Bonchev–Trinajstić information content (AvgIpc) is 2.67. The van der Waals surface area contributed by atoms with Gasteiger partial charge in [0.1, 0.15) is 29.9 Å². The van der Waals surface area contributed by atoms with Gasteiger partial charge in [0.05, 0.1) is 12.1 Å². The Morgan fingerprint density at radius 3 is 2.41 bits per heavy atom. The molecule has 7 nitrogen and oxygen atoms in total. The first-order valence-corrected chi connectivity index (χ1v) is 12.4. The zero-order valence-corrected chi connectivity index (χ0v) is 18.7. The molecule has 1 aliphatic carbocycles. The summed E-state index contributed by atoms with van der Waals surface area (Å²) in [5.41, 5.74) is -0.638. The van der Waals surface area contributed by atoms with Crippen LogP contribution >= 0.6 is 11.8 Å². The summed E-state index contributed by atoms with van der Waals surface area (Å²) in [6.07, 6.45) is 4.18. The molecule has 3 aliphatic rings. The molecule has 0 aromatic carbocycles. The number of thioether (sulfide) groups is 1. The van der Waals surface area contributed by atoms with Crippen molar-refractivity contribution in [3.63, 3.8) is 0 Å². The van der Waals surface area contributed by atoms with E-state index in [1.165, 1.54) is 31.0 Å². The molecule has 4 N–H and O–H groups in total. The Bertz CT molecular complexity index is 545. The highest BCUT2D eigenvalue weighted by molar-refractivity contribution is 7.99. The second kappa shape index (κ2) is 10.3. The molecule has 2 saturated heterocycles. The normalized spacial score (nSPS) is 37.9. The quantitative estimate of drug-likeness (QED) is 0.477. The zero-order chi connectivity index (χ0) is 21.1. The second-order valence-electron chi connectivity index (χ2n) is 9.26. The smallest absolute Gasteiger partial charge is 0.237 e. The topological polar surface area (TPSA) is 102 Å². The predicted octanol–water partition coefficient (Wildman–Crippen LogP) is 0.952. The predicted molar refractivity (Wildman–Crippen MR) is 114 cm³/mol. The average molecular weight is 431 g/mol. The molecule has 0 aromatic rings. The van der Waals surface area contributed by atoms with Crippen LogP contribution in [0.4, 0.5) is 0 Å². The van der Waals surface area contributed by atoms with Crippen molar-refractivity contribution >= 4 is 17.7 Å². The van der Waals surface area contributed by atoms with E-state index < -0.39 is 35.9 Å². The molecular formula is C21H38N2O5S. The fourth-order valence-electron chi connectivity index (χ4n) is 4.77. The van der Waals surface area contributed by atoms with Crippen molar-refractivity contribution in [3.8, 4) is 0 Å². The van der Waals surface area contributed by atoms with Gasteiger partial charge in [-0.1, -0.05) is 26.7 Å². The van der Waals surface area contributed by atoms with Crippen molar-refractivity contribution in [2.45, 2.75) is 94.3 Å². The summed E-state index contributed by atoms with van der Waals surface area (Å²) in [4.78, 5) is 15.6. The molecule has 3 fully saturated rings. The van der Waals surface area contributed by atoms with E-state index in [0.29, 0.717) is 5.92 Å². The van der Waals surface area contributed by atoms with Gasteiger partial charge in [-0.3, -0.25) is 9.69 Å². The van der Waals surface area contributed by atoms with Crippen LogP contribution in [0.2, 0.25) is 0 Å². The van der Waals surface area contributed by atoms with E-state index in [1.54, 1.807) is 6.26 Å². The van der Waals surface area contributed by atoms with Gasteiger partial charge in [0, 0.05) is 6.54 Å². The Labute approximate surface area is 178 Å². The summed E-state index contributed by atoms with van der Waals surface area (Å²) in [7, 11) is 0. The van der Waals surface area contributed by atoms with Gasteiger partial charge in [-0.2, -0.15) is 0 Å². The lowest BCUT2D eigenvalue weighted by molar-refractivity contribution is -0.208. The lowest BCUT2D eigenvalue weighted by Crippen LogP contribution is -2.65. The number of hydrogen-bond acceptors (Lipinski definition) is 7. The van der Waals surface area contributed by atoms with Crippen molar-refractivity contribution in [1.29, 1.82) is 0 Å². The summed E-state index contributed by atoms with van der Waals surface area (Å²) in [5, 5.41) is 34.1. The van der Waals surface area contributed by atoms with Crippen molar-refractivity contribution in [3.05, 3.63) is 0 Å². The van der Waals surface area contributed by atoms with Gasteiger partial charge in [0.15, 0.2) is 0 Å². The Morgan fingerprint density at radius 1 is 1.10 bits per heavy atom. The van der Waals surface area contributed by atoms with Gasteiger partial charge < -0.3 is 25.4 Å². The van der Waals surface area contributed by atoms with Crippen LogP contribution in [-0.4, -0.2) is 87.4 Å². The van der Waals surface area contributed by atoms with Crippen molar-refractivity contribution in [1.82, 2.24) is 10.2 Å². The number of piperidine rings is 1. The molecule has 0 radical (unpaired) electrons. The molecule has 29 heavy (non-hydrogen) atoms. The minimum Gasteiger partial charge on any atom is -0.388 e. The van der Waals surface area contributed by atoms with Crippen LogP contribution in [-0.2, 0) is 9.53 Å². The summed E-state index contributed by atoms with van der Waals surface area (Å²) in [5.74, 6) is 0.707. The minimum atomic E-state index is -1.30. The van der Waals surface area contributed by atoms with Crippen LogP contribution < -0.4 is 5.32 Å². The third-order valence-corrected chi connectivity index (χ3v) is 7.71. The lowest BCUT2D eigenvalue weighted by atomic mass is 9.84. The number of likely N-dealkylation sites (tertiary alicyclic amines) is 1. The highest BCUT2D eigenvalue weighted by atomic mass is 32.2. The number of rotatable bonds is 7. The number of carbonyl (C=O) groups excluding carboxylic acids is 1. The standard InChI is InChI=1S/C21H38N2O5S/c1-12(2)15(19-17(25)16(24)18(26)21(28-19)29-3)22-20(27)14-9-4-5-10-23(14)11-13-7-6-8-13/h12-19,21,24-26H,4-11H2,1-3H3,(H,22,27)/t14?,15?,16-,17+,18+,19+,21+/m1/s1. The molecular weight excluding hydrogens is 392 g/mol. The van der Waals surface area contributed by atoms with E-state index >= 15 is 0 Å². The highest BCUT2D eigenvalue weighted by Gasteiger charge is 2.48. The van der Waals surface area contributed by atoms with Gasteiger partial charge in [-0.05, 0) is 50.3 Å². The van der Waals surface area contributed by atoms with E-state index in [2.05, 4.69) is 10.2 Å². The largest absolute Gasteiger partial charge is 0.388 e. The van der Waals surface area contributed by atoms with Gasteiger partial charge in [-0.15, -0.1) is 11.8 Å². The Morgan fingerprint density at radius 2 is 1.83 bits per heavy atom. The summed E-state index contributed by atoms with van der Waals surface area (Å²) < 4.78 is 5.93.